The van der Waals surface area contributed by atoms with Gasteiger partial charge in [0.15, 0.2) is 11.6 Å². The lowest BCUT2D eigenvalue weighted by Crippen LogP contribution is -2.13. The molecule has 1 aromatic carbocycles. The average Bonchev–Trinajstić information content (AvgIpc) is 2.72. The zero-order chi connectivity index (χ0) is 13.3. The lowest BCUT2D eigenvalue weighted by Gasteiger charge is -2.06. The molecule has 3 nitrogen and oxygen atoms in total. The number of amides is 1. The van der Waals surface area contributed by atoms with Crippen molar-refractivity contribution in [3.05, 3.63) is 45.9 Å². The number of hydrogen-bond acceptors (Lipinski definition) is 3. The third-order valence-electron chi connectivity index (χ3n) is 2.16. The minimum atomic E-state index is -1.32. The second-order valence-electron chi connectivity index (χ2n) is 3.41. The van der Waals surface area contributed by atoms with Gasteiger partial charge in [0.2, 0.25) is 0 Å². The second kappa shape index (κ2) is 4.69. The summed E-state index contributed by atoms with van der Waals surface area (Å²) in [6.45, 7) is 0. The van der Waals surface area contributed by atoms with Crippen LogP contribution in [0.5, 0.6) is 0 Å². The molecule has 0 fully saturated rings. The lowest BCUT2D eigenvalue weighted by molar-refractivity contribution is 0.103. The van der Waals surface area contributed by atoms with Crippen molar-refractivity contribution in [2.45, 2.75) is 0 Å². The van der Waals surface area contributed by atoms with Crippen molar-refractivity contribution in [2.24, 2.45) is 0 Å². The van der Waals surface area contributed by atoms with Crippen LogP contribution in [0.1, 0.15) is 9.67 Å². The van der Waals surface area contributed by atoms with E-state index >= 15 is 0 Å². The molecule has 18 heavy (non-hydrogen) atoms. The number of carbonyl (C=O) groups is 1. The average molecular weight is 272 g/mol. The molecule has 1 heterocycles. The van der Waals surface area contributed by atoms with Gasteiger partial charge < -0.3 is 11.1 Å². The van der Waals surface area contributed by atoms with Gasteiger partial charge in [0.25, 0.3) is 5.91 Å². The highest BCUT2D eigenvalue weighted by Gasteiger charge is 2.15. The largest absolute Gasteiger partial charge is 0.397 e. The molecule has 0 unspecified atom stereocenters. The summed E-state index contributed by atoms with van der Waals surface area (Å²) in [6, 6.07) is 2.45. The van der Waals surface area contributed by atoms with Crippen LogP contribution in [-0.4, -0.2) is 5.91 Å². The highest BCUT2D eigenvalue weighted by atomic mass is 32.1. The molecule has 0 spiro atoms. The van der Waals surface area contributed by atoms with Crippen LogP contribution in [0.15, 0.2) is 23.6 Å². The monoisotopic (exact) mass is 272 g/mol. The Bertz CT molecular complexity index is 612. The Hall–Kier alpha value is -2.02. The molecule has 0 atom stereocenters. The first-order valence-electron chi connectivity index (χ1n) is 4.78. The van der Waals surface area contributed by atoms with Crippen LogP contribution in [0.25, 0.3) is 0 Å². The summed E-state index contributed by atoms with van der Waals surface area (Å²) in [5.41, 5.74) is 5.31. The van der Waals surface area contributed by atoms with E-state index in [4.69, 9.17) is 5.73 Å². The SMILES string of the molecule is Nc1ccsc1C(=O)Nc1cc(F)c(F)cc1F. The molecule has 0 aliphatic carbocycles. The van der Waals surface area contributed by atoms with Crippen LogP contribution in [0, 0.1) is 17.5 Å². The van der Waals surface area contributed by atoms with Crippen LogP contribution in [-0.2, 0) is 0 Å². The summed E-state index contributed by atoms with van der Waals surface area (Å²) in [5.74, 6) is -4.29. The Kier molecular flexibility index (Phi) is 3.24. The predicted molar refractivity (Wildman–Crippen MR) is 63.0 cm³/mol. The summed E-state index contributed by atoms with van der Waals surface area (Å²) in [4.78, 5) is 11.9. The van der Waals surface area contributed by atoms with Gasteiger partial charge in [0, 0.05) is 12.1 Å². The maximum absolute atomic E-state index is 13.3. The smallest absolute Gasteiger partial charge is 0.267 e. The summed E-state index contributed by atoms with van der Waals surface area (Å²) in [5, 5.41) is 3.72. The van der Waals surface area contributed by atoms with Crippen LogP contribution in [0.3, 0.4) is 0 Å². The van der Waals surface area contributed by atoms with Crippen molar-refractivity contribution < 1.29 is 18.0 Å². The predicted octanol–water partition coefficient (Wildman–Crippen LogP) is 3.00. The molecule has 1 amide bonds. The molecule has 2 aromatic rings. The van der Waals surface area contributed by atoms with Crippen LogP contribution >= 0.6 is 11.3 Å². The minimum Gasteiger partial charge on any atom is -0.397 e. The number of nitrogen functional groups attached to an aromatic ring is 1. The highest BCUT2D eigenvalue weighted by molar-refractivity contribution is 7.12. The number of nitrogens with two attached hydrogens (primary N) is 1. The van der Waals surface area contributed by atoms with E-state index in [1.165, 1.54) is 6.07 Å². The quantitative estimate of drug-likeness (QED) is 0.826. The molecule has 3 N–H and O–H groups in total. The van der Waals surface area contributed by atoms with Crippen LogP contribution in [0.2, 0.25) is 0 Å². The maximum Gasteiger partial charge on any atom is 0.267 e. The van der Waals surface area contributed by atoms with Gasteiger partial charge in [-0.25, -0.2) is 13.2 Å². The maximum atomic E-state index is 13.3. The zero-order valence-electron chi connectivity index (χ0n) is 8.84. The van der Waals surface area contributed by atoms with E-state index in [1.807, 2.05) is 0 Å². The van der Waals surface area contributed by atoms with Crippen LogP contribution in [0.4, 0.5) is 24.5 Å². The molecule has 0 radical (unpaired) electrons. The molecule has 0 saturated carbocycles. The second-order valence-corrected chi connectivity index (χ2v) is 4.32. The molecular weight excluding hydrogens is 265 g/mol. The molecule has 1 aromatic heterocycles. The number of carbonyl (C=O) groups excluding carboxylic acids is 1. The molecule has 2 rings (SSSR count). The Balaban J connectivity index is 2.28. The summed E-state index contributed by atoms with van der Waals surface area (Å²) in [7, 11) is 0. The van der Waals surface area contributed by atoms with Gasteiger partial charge >= 0.3 is 0 Å². The fraction of sp³-hybridized carbons (Fsp3) is 0. The van der Waals surface area contributed by atoms with Crippen molar-refractivity contribution in [2.75, 3.05) is 11.1 Å². The normalized spacial score (nSPS) is 10.4. The van der Waals surface area contributed by atoms with E-state index in [-0.39, 0.29) is 10.6 Å². The number of nitrogens with one attached hydrogen (secondary N) is 1. The minimum absolute atomic E-state index is 0.180. The van der Waals surface area contributed by atoms with Gasteiger partial charge in [0.1, 0.15) is 10.7 Å². The van der Waals surface area contributed by atoms with Gasteiger partial charge in [0.05, 0.1) is 11.4 Å². The van der Waals surface area contributed by atoms with Gasteiger partial charge in [-0.3, -0.25) is 4.79 Å². The Morgan fingerprint density at radius 2 is 1.83 bits per heavy atom. The Morgan fingerprint density at radius 3 is 2.44 bits per heavy atom. The Labute approximate surface area is 104 Å². The Morgan fingerprint density at radius 1 is 1.17 bits per heavy atom. The van der Waals surface area contributed by atoms with Crippen molar-refractivity contribution in [3.8, 4) is 0 Å². The van der Waals surface area contributed by atoms with E-state index in [1.54, 1.807) is 5.38 Å². The van der Waals surface area contributed by atoms with E-state index in [0.29, 0.717) is 12.1 Å². The number of halogens is 3. The van der Waals surface area contributed by atoms with Crippen molar-refractivity contribution >= 4 is 28.6 Å². The number of rotatable bonds is 2. The summed E-state index contributed by atoms with van der Waals surface area (Å²) < 4.78 is 38.9. The van der Waals surface area contributed by atoms with Crippen LogP contribution < -0.4 is 11.1 Å². The first-order valence-corrected chi connectivity index (χ1v) is 5.66. The van der Waals surface area contributed by atoms with Gasteiger partial charge in [-0.2, -0.15) is 0 Å². The van der Waals surface area contributed by atoms with E-state index in [0.717, 1.165) is 11.3 Å². The topological polar surface area (TPSA) is 55.1 Å². The first-order chi connectivity index (χ1) is 8.49. The van der Waals surface area contributed by atoms with E-state index < -0.39 is 29.0 Å². The van der Waals surface area contributed by atoms with Crippen molar-refractivity contribution in [1.29, 1.82) is 0 Å². The molecule has 0 saturated heterocycles. The molecule has 0 aliphatic rings. The first kappa shape index (κ1) is 12.4. The fourth-order valence-electron chi connectivity index (χ4n) is 1.30. The molecule has 7 heteroatoms. The van der Waals surface area contributed by atoms with Gasteiger partial charge in [-0.1, -0.05) is 0 Å². The molecule has 0 aliphatic heterocycles. The third kappa shape index (κ3) is 2.30. The number of hydrogen-bond donors (Lipinski definition) is 2. The number of anilines is 2. The number of thiophene rings is 1. The highest BCUT2D eigenvalue weighted by Crippen LogP contribution is 2.23. The molecule has 0 bridgehead atoms. The van der Waals surface area contributed by atoms with Gasteiger partial charge in [-0.15, -0.1) is 11.3 Å². The van der Waals surface area contributed by atoms with Crippen molar-refractivity contribution in [3.63, 3.8) is 0 Å². The van der Waals surface area contributed by atoms with E-state index in [2.05, 4.69) is 5.32 Å². The standard InChI is InChI=1S/C11H7F3N2OS/c12-5-3-7(14)9(4-6(5)13)16-11(17)10-8(15)1-2-18-10/h1-4H,15H2,(H,16,17). The number of benzene rings is 1. The molecule has 94 valence electrons. The van der Waals surface area contributed by atoms with Gasteiger partial charge in [-0.05, 0) is 11.4 Å². The lowest BCUT2D eigenvalue weighted by atomic mass is 10.2. The summed E-state index contributed by atoms with van der Waals surface area (Å²) >= 11 is 1.06. The summed E-state index contributed by atoms with van der Waals surface area (Å²) in [6.07, 6.45) is 0. The van der Waals surface area contributed by atoms with E-state index in [9.17, 15) is 18.0 Å². The zero-order valence-corrected chi connectivity index (χ0v) is 9.65. The van der Waals surface area contributed by atoms with Crippen molar-refractivity contribution in [1.82, 2.24) is 0 Å². The third-order valence-corrected chi connectivity index (χ3v) is 3.09. The fourth-order valence-corrected chi connectivity index (χ4v) is 2.01. The molecular formula is C11H7F3N2OS.